The third-order valence-corrected chi connectivity index (χ3v) is 4.35. The highest BCUT2D eigenvalue weighted by atomic mass is 16.5. The van der Waals surface area contributed by atoms with E-state index < -0.39 is 28.7 Å². The number of esters is 2. The second kappa shape index (κ2) is 4.30. The number of carbonyl (C=O) groups is 3. The highest BCUT2D eigenvalue weighted by Crippen LogP contribution is 2.55. The maximum atomic E-state index is 12.7. The van der Waals surface area contributed by atoms with Crippen molar-refractivity contribution in [3.05, 3.63) is 23.3 Å². The molecular weight excluding hydrogens is 260 g/mol. The van der Waals surface area contributed by atoms with Gasteiger partial charge < -0.3 is 9.47 Å². The van der Waals surface area contributed by atoms with E-state index in [0.29, 0.717) is 0 Å². The van der Waals surface area contributed by atoms with Gasteiger partial charge in [0.2, 0.25) is 0 Å². The first-order valence-electron chi connectivity index (χ1n) is 6.37. The smallest absolute Gasteiger partial charge is 0.335 e. The first-order chi connectivity index (χ1) is 9.21. The summed E-state index contributed by atoms with van der Waals surface area (Å²) in [5.41, 5.74) is -1.57. The molecule has 0 fully saturated rings. The van der Waals surface area contributed by atoms with Crippen LogP contribution < -0.4 is 0 Å². The Labute approximate surface area is 117 Å². The van der Waals surface area contributed by atoms with Gasteiger partial charge in [-0.25, -0.2) is 9.59 Å². The lowest BCUT2D eigenvalue weighted by Gasteiger charge is -2.48. The summed E-state index contributed by atoms with van der Waals surface area (Å²) in [6, 6.07) is 0. The number of carbonyl (C=O) groups excluding carboxylic acids is 3. The largest absolute Gasteiger partial charge is 0.466 e. The lowest BCUT2D eigenvalue weighted by molar-refractivity contribution is -0.147. The van der Waals surface area contributed by atoms with Crippen LogP contribution in [0, 0.1) is 16.7 Å². The molecule has 0 aromatic heterocycles. The van der Waals surface area contributed by atoms with Gasteiger partial charge in [-0.2, -0.15) is 0 Å². The molecule has 5 heteroatoms. The molecule has 20 heavy (non-hydrogen) atoms. The van der Waals surface area contributed by atoms with E-state index in [0.717, 1.165) is 0 Å². The zero-order valence-electron chi connectivity index (χ0n) is 12.3. The van der Waals surface area contributed by atoms with Gasteiger partial charge in [0.1, 0.15) is 0 Å². The minimum atomic E-state index is -1.14. The molecule has 2 bridgehead atoms. The van der Waals surface area contributed by atoms with Crippen molar-refractivity contribution >= 4 is 17.7 Å². The Hall–Kier alpha value is -1.91. The van der Waals surface area contributed by atoms with Gasteiger partial charge in [0.05, 0.1) is 30.8 Å². The van der Waals surface area contributed by atoms with Crippen molar-refractivity contribution in [2.24, 2.45) is 16.7 Å². The van der Waals surface area contributed by atoms with Crippen LogP contribution in [0.4, 0.5) is 0 Å². The van der Waals surface area contributed by atoms with E-state index in [9.17, 15) is 14.4 Å². The molecule has 5 nitrogen and oxygen atoms in total. The van der Waals surface area contributed by atoms with Crippen molar-refractivity contribution in [3.63, 3.8) is 0 Å². The fraction of sp³-hybridized carbons (Fsp3) is 0.533. The fourth-order valence-corrected chi connectivity index (χ4v) is 3.27. The van der Waals surface area contributed by atoms with Crippen LogP contribution >= 0.6 is 0 Å². The summed E-state index contributed by atoms with van der Waals surface area (Å²) >= 11 is 0. The molecule has 0 N–H and O–H groups in total. The number of fused-ring (bicyclic) bond motifs is 1. The van der Waals surface area contributed by atoms with Gasteiger partial charge in [-0.05, 0) is 6.92 Å². The number of ketones is 1. The molecule has 0 radical (unpaired) electrons. The highest BCUT2D eigenvalue weighted by molar-refractivity contribution is 6.13. The van der Waals surface area contributed by atoms with Gasteiger partial charge >= 0.3 is 11.9 Å². The minimum absolute atomic E-state index is 0.0921. The summed E-state index contributed by atoms with van der Waals surface area (Å²) in [6.07, 6.45) is 3.49. The molecule has 3 aliphatic rings. The van der Waals surface area contributed by atoms with E-state index in [-0.39, 0.29) is 16.9 Å². The van der Waals surface area contributed by atoms with Crippen LogP contribution in [0.5, 0.6) is 0 Å². The van der Waals surface area contributed by atoms with Crippen LogP contribution in [0.15, 0.2) is 23.3 Å². The third-order valence-electron chi connectivity index (χ3n) is 4.35. The molecule has 3 rings (SSSR count). The molecule has 0 spiro atoms. The number of allylic oxidation sites excluding steroid dienone is 2. The molecule has 0 saturated heterocycles. The van der Waals surface area contributed by atoms with Crippen molar-refractivity contribution in [1.82, 2.24) is 0 Å². The summed E-state index contributed by atoms with van der Waals surface area (Å²) in [7, 11) is 2.49. The molecule has 3 aliphatic carbocycles. The maximum absolute atomic E-state index is 12.7. The van der Waals surface area contributed by atoms with Gasteiger partial charge in [-0.15, -0.1) is 0 Å². The first kappa shape index (κ1) is 14.5. The Balaban J connectivity index is 2.78. The van der Waals surface area contributed by atoms with E-state index in [2.05, 4.69) is 0 Å². The van der Waals surface area contributed by atoms with E-state index in [1.165, 1.54) is 14.2 Å². The highest BCUT2D eigenvalue weighted by Gasteiger charge is 2.59. The third kappa shape index (κ3) is 1.58. The van der Waals surface area contributed by atoms with Crippen LogP contribution in [-0.2, 0) is 23.9 Å². The van der Waals surface area contributed by atoms with Crippen LogP contribution in [0.1, 0.15) is 20.8 Å². The number of Topliss-reactive ketones (excluding diaryl/α,β-unsaturated/α-hetero) is 1. The summed E-state index contributed by atoms with van der Waals surface area (Å²) in [5.74, 6) is -1.82. The Morgan fingerprint density at radius 3 is 2.15 bits per heavy atom. The summed E-state index contributed by atoms with van der Waals surface area (Å²) in [5, 5.41) is 0. The van der Waals surface area contributed by atoms with Gasteiger partial charge in [-0.1, -0.05) is 26.0 Å². The molecule has 0 aliphatic heterocycles. The SMILES string of the molecule is COC(=O)C1=C(C(=O)OC)[C@@]2(C)C=C[C@H]1C(C)(C)C2=O. The number of ether oxygens (including phenoxy) is 2. The standard InChI is InChI=1S/C15H18O5/c1-14(2)8-6-7-15(3,13(14)18)10(12(17)20-5)9(8)11(16)19-4/h6-8H,1-5H3/t8-,15-/m1/s1. The number of hydrogen-bond donors (Lipinski definition) is 0. The summed E-state index contributed by atoms with van der Waals surface area (Å²) in [4.78, 5) is 36.8. The number of methoxy groups -OCH3 is 2. The molecule has 0 amide bonds. The number of hydrogen-bond acceptors (Lipinski definition) is 5. The van der Waals surface area contributed by atoms with Gasteiger partial charge in [-0.3, -0.25) is 4.79 Å². The Morgan fingerprint density at radius 2 is 1.65 bits per heavy atom. The topological polar surface area (TPSA) is 69.7 Å². The second-order valence-electron chi connectivity index (χ2n) is 5.86. The molecule has 0 saturated carbocycles. The molecule has 2 atom stereocenters. The quantitative estimate of drug-likeness (QED) is 0.564. The maximum Gasteiger partial charge on any atom is 0.335 e. The Morgan fingerprint density at radius 1 is 1.10 bits per heavy atom. The second-order valence-corrected chi connectivity index (χ2v) is 5.86. The minimum Gasteiger partial charge on any atom is -0.466 e. The molecular formula is C15H18O5. The lowest BCUT2D eigenvalue weighted by atomic mass is 9.52. The van der Waals surface area contributed by atoms with Gasteiger partial charge in [0.15, 0.2) is 5.78 Å². The molecule has 0 unspecified atom stereocenters. The van der Waals surface area contributed by atoms with E-state index in [1.54, 1.807) is 32.9 Å². The van der Waals surface area contributed by atoms with Crippen LogP contribution in [0.25, 0.3) is 0 Å². The predicted octanol–water partition coefficient (Wildman–Crippen LogP) is 1.43. The Bertz CT molecular complexity index is 567. The van der Waals surface area contributed by atoms with Crippen molar-refractivity contribution in [3.8, 4) is 0 Å². The molecule has 0 aromatic carbocycles. The van der Waals surface area contributed by atoms with Crippen LogP contribution in [0.2, 0.25) is 0 Å². The van der Waals surface area contributed by atoms with E-state index >= 15 is 0 Å². The first-order valence-corrected chi connectivity index (χ1v) is 6.37. The molecule has 0 heterocycles. The average Bonchev–Trinajstić information content (AvgIpc) is 2.42. The van der Waals surface area contributed by atoms with Crippen molar-refractivity contribution in [1.29, 1.82) is 0 Å². The summed E-state index contributed by atoms with van der Waals surface area (Å²) in [6.45, 7) is 5.19. The van der Waals surface area contributed by atoms with Crippen molar-refractivity contribution in [2.75, 3.05) is 14.2 Å². The van der Waals surface area contributed by atoms with Gasteiger partial charge in [0.25, 0.3) is 0 Å². The Kier molecular flexibility index (Phi) is 3.11. The van der Waals surface area contributed by atoms with Gasteiger partial charge in [0, 0.05) is 11.3 Å². The van der Waals surface area contributed by atoms with Crippen molar-refractivity contribution in [2.45, 2.75) is 20.8 Å². The van der Waals surface area contributed by atoms with Crippen LogP contribution in [0.3, 0.4) is 0 Å². The van der Waals surface area contributed by atoms with E-state index in [4.69, 9.17) is 9.47 Å². The predicted molar refractivity (Wildman–Crippen MR) is 70.6 cm³/mol. The van der Waals surface area contributed by atoms with Crippen molar-refractivity contribution < 1.29 is 23.9 Å². The number of rotatable bonds is 2. The normalized spacial score (nSPS) is 30.4. The van der Waals surface area contributed by atoms with E-state index in [1.807, 2.05) is 0 Å². The fourth-order valence-electron chi connectivity index (χ4n) is 3.27. The van der Waals surface area contributed by atoms with Crippen LogP contribution in [-0.4, -0.2) is 31.9 Å². The zero-order valence-corrected chi connectivity index (χ0v) is 12.3. The molecule has 108 valence electrons. The summed E-state index contributed by atoms with van der Waals surface area (Å²) < 4.78 is 9.55. The zero-order chi connectivity index (χ0) is 15.3. The average molecular weight is 278 g/mol. The monoisotopic (exact) mass is 278 g/mol. The molecule has 0 aromatic rings. The lowest BCUT2D eigenvalue weighted by Crippen LogP contribution is -2.54.